The second-order valence-electron chi connectivity index (χ2n) is 7.93. The summed E-state index contributed by atoms with van der Waals surface area (Å²) in [5, 5.41) is 9.14. The SMILES string of the molecule is NNC(=O)CN1CCN(Cc2csc(-c3ccc(NC(=O)Nc4cccc(Cl)c4)cc3)n2)CC1. The van der Waals surface area contributed by atoms with E-state index in [1.54, 1.807) is 35.6 Å². The number of aromatic nitrogens is 1. The van der Waals surface area contributed by atoms with E-state index in [9.17, 15) is 9.59 Å². The average Bonchev–Trinajstić information content (AvgIpc) is 3.29. The number of rotatable bonds is 7. The summed E-state index contributed by atoms with van der Waals surface area (Å²) in [6, 6.07) is 14.2. The number of nitrogens with two attached hydrogens (primary N) is 1. The molecule has 3 aromatic rings. The molecule has 1 aliphatic rings. The van der Waals surface area contributed by atoms with Crippen molar-refractivity contribution < 1.29 is 9.59 Å². The Morgan fingerprint density at radius 2 is 1.71 bits per heavy atom. The molecule has 5 N–H and O–H groups in total. The molecule has 178 valence electrons. The number of amides is 3. The van der Waals surface area contributed by atoms with E-state index in [0.717, 1.165) is 49.0 Å². The van der Waals surface area contributed by atoms with Gasteiger partial charge >= 0.3 is 6.03 Å². The Morgan fingerprint density at radius 3 is 2.41 bits per heavy atom. The molecule has 0 radical (unpaired) electrons. The maximum Gasteiger partial charge on any atom is 0.323 e. The molecule has 1 saturated heterocycles. The van der Waals surface area contributed by atoms with E-state index in [2.05, 4.69) is 31.2 Å². The third-order valence-corrected chi connectivity index (χ3v) is 6.58. The van der Waals surface area contributed by atoms with Gasteiger partial charge in [-0.2, -0.15) is 0 Å². The number of hydrazine groups is 1. The molecule has 0 saturated carbocycles. The highest BCUT2D eigenvalue weighted by Gasteiger charge is 2.19. The minimum atomic E-state index is -0.338. The third kappa shape index (κ3) is 6.75. The van der Waals surface area contributed by atoms with Gasteiger partial charge in [0.2, 0.25) is 5.91 Å². The minimum absolute atomic E-state index is 0.166. The fourth-order valence-corrected chi connectivity index (χ4v) is 4.66. The second kappa shape index (κ2) is 11.4. The number of piperazine rings is 1. The maximum absolute atomic E-state index is 12.2. The van der Waals surface area contributed by atoms with Crippen LogP contribution in [-0.2, 0) is 11.3 Å². The monoisotopic (exact) mass is 499 g/mol. The van der Waals surface area contributed by atoms with Crippen LogP contribution in [0.2, 0.25) is 5.02 Å². The molecule has 3 amide bonds. The van der Waals surface area contributed by atoms with Crippen molar-refractivity contribution in [1.82, 2.24) is 20.2 Å². The number of nitrogens with one attached hydrogen (secondary N) is 3. The van der Waals surface area contributed by atoms with Gasteiger partial charge in [0.05, 0.1) is 12.2 Å². The van der Waals surface area contributed by atoms with Crippen molar-refractivity contribution in [1.29, 1.82) is 0 Å². The van der Waals surface area contributed by atoms with Crippen LogP contribution in [0.3, 0.4) is 0 Å². The van der Waals surface area contributed by atoms with Crippen LogP contribution in [0.1, 0.15) is 5.69 Å². The number of anilines is 2. The van der Waals surface area contributed by atoms with Gasteiger partial charge in [-0.3, -0.25) is 20.0 Å². The molecule has 2 heterocycles. The molecular weight excluding hydrogens is 474 g/mol. The number of carbonyl (C=O) groups excluding carboxylic acids is 2. The van der Waals surface area contributed by atoms with Crippen LogP contribution in [0.4, 0.5) is 16.2 Å². The number of halogens is 1. The molecular formula is C23H26ClN7O2S. The normalized spacial score (nSPS) is 14.5. The molecule has 2 aromatic carbocycles. The van der Waals surface area contributed by atoms with Crippen molar-refractivity contribution in [2.75, 3.05) is 43.4 Å². The van der Waals surface area contributed by atoms with Crippen molar-refractivity contribution >= 4 is 46.3 Å². The predicted octanol–water partition coefficient (Wildman–Crippen LogP) is 3.22. The highest BCUT2D eigenvalue weighted by atomic mass is 35.5. The minimum Gasteiger partial charge on any atom is -0.308 e. The van der Waals surface area contributed by atoms with Crippen LogP contribution in [-0.4, -0.2) is 59.4 Å². The number of nitrogens with zero attached hydrogens (tertiary/aromatic N) is 3. The summed E-state index contributed by atoms with van der Waals surface area (Å²) >= 11 is 7.55. The fraction of sp³-hybridized carbons (Fsp3) is 0.261. The first-order chi connectivity index (χ1) is 16.5. The zero-order valence-corrected chi connectivity index (χ0v) is 20.0. The van der Waals surface area contributed by atoms with E-state index in [1.165, 1.54) is 0 Å². The Labute approximate surface area is 206 Å². The highest BCUT2D eigenvalue weighted by molar-refractivity contribution is 7.13. The highest BCUT2D eigenvalue weighted by Crippen LogP contribution is 2.26. The smallest absolute Gasteiger partial charge is 0.308 e. The second-order valence-corrected chi connectivity index (χ2v) is 9.23. The van der Waals surface area contributed by atoms with Crippen molar-refractivity contribution in [2.24, 2.45) is 5.84 Å². The fourth-order valence-electron chi connectivity index (χ4n) is 3.65. The van der Waals surface area contributed by atoms with Gasteiger partial charge in [0.25, 0.3) is 0 Å². The summed E-state index contributed by atoms with van der Waals surface area (Å²) in [5.41, 5.74) is 5.50. The van der Waals surface area contributed by atoms with Gasteiger partial charge in [-0.15, -0.1) is 11.3 Å². The van der Waals surface area contributed by atoms with Crippen LogP contribution < -0.4 is 21.9 Å². The lowest BCUT2D eigenvalue weighted by Gasteiger charge is -2.33. The molecule has 1 aromatic heterocycles. The molecule has 1 aliphatic heterocycles. The molecule has 9 nitrogen and oxygen atoms in total. The van der Waals surface area contributed by atoms with Crippen LogP contribution in [0.25, 0.3) is 10.6 Å². The Kier molecular flexibility index (Phi) is 8.09. The van der Waals surface area contributed by atoms with Crippen molar-refractivity contribution in [3.63, 3.8) is 0 Å². The van der Waals surface area contributed by atoms with Crippen LogP contribution in [0.5, 0.6) is 0 Å². The largest absolute Gasteiger partial charge is 0.323 e. The van der Waals surface area contributed by atoms with Crippen molar-refractivity contribution in [2.45, 2.75) is 6.54 Å². The van der Waals surface area contributed by atoms with E-state index in [-0.39, 0.29) is 11.9 Å². The Balaban J connectivity index is 1.27. The zero-order chi connectivity index (χ0) is 23.9. The van der Waals surface area contributed by atoms with E-state index < -0.39 is 0 Å². The number of benzene rings is 2. The first-order valence-corrected chi connectivity index (χ1v) is 12.1. The molecule has 1 fully saturated rings. The summed E-state index contributed by atoms with van der Waals surface area (Å²) in [4.78, 5) is 32.8. The first-order valence-electron chi connectivity index (χ1n) is 10.8. The average molecular weight is 500 g/mol. The Hall–Kier alpha value is -3.02. The Bertz CT molecular complexity index is 1130. The van der Waals surface area contributed by atoms with Gasteiger partial charge < -0.3 is 10.6 Å². The summed E-state index contributed by atoms with van der Waals surface area (Å²) in [6.07, 6.45) is 0. The van der Waals surface area contributed by atoms with E-state index >= 15 is 0 Å². The summed E-state index contributed by atoms with van der Waals surface area (Å²) in [7, 11) is 0. The first kappa shape index (κ1) is 24.1. The molecule has 34 heavy (non-hydrogen) atoms. The van der Waals surface area contributed by atoms with Crippen LogP contribution in [0.15, 0.2) is 53.9 Å². The molecule has 0 aliphatic carbocycles. The van der Waals surface area contributed by atoms with E-state index in [1.807, 2.05) is 24.3 Å². The lowest BCUT2D eigenvalue weighted by atomic mass is 10.2. The number of thiazole rings is 1. The molecule has 0 unspecified atom stereocenters. The number of hydrogen-bond donors (Lipinski definition) is 4. The quantitative estimate of drug-likeness (QED) is 0.225. The van der Waals surface area contributed by atoms with Crippen LogP contribution in [0, 0.1) is 0 Å². The topological polar surface area (TPSA) is 116 Å². The van der Waals surface area contributed by atoms with E-state index in [0.29, 0.717) is 22.9 Å². The summed E-state index contributed by atoms with van der Waals surface area (Å²) in [5.74, 6) is 5.00. The van der Waals surface area contributed by atoms with Gasteiger partial charge in [0.1, 0.15) is 5.01 Å². The number of hydrogen-bond acceptors (Lipinski definition) is 7. The van der Waals surface area contributed by atoms with Crippen molar-refractivity contribution in [3.05, 3.63) is 64.6 Å². The molecule has 0 bridgehead atoms. The Morgan fingerprint density at radius 1 is 1.00 bits per heavy atom. The van der Waals surface area contributed by atoms with Gasteiger partial charge in [-0.1, -0.05) is 17.7 Å². The standard InChI is InChI=1S/C23H26ClN7O2S/c24-17-2-1-3-19(12-17)28-23(33)27-18-6-4-16(5-7-18)22-26-20(15-34-22)13-30-8-10-31(11-9-30)14-21(32)29-25/h1-7,12,15H,8-11,13-14,25H2,(H,29,32)(H2,27,28,33). The molecule has 0 atom stereocenters. The predicted molar refractivity (Wildman–Crippen MR) is 136 cm³/mol. The molecule has 11 heteroatoms. The van der Waals surface area contributed by atoms with E-state index in [4.69, 9.17) is 22.4 Å². The number of carbonyl (C=O) groups is 2. The third-order valence-electron chi connectivity index (χ3n) is 5.40. The van der Waals surface area contributed by atoms with Gasteiger partial charge in [-0.05, 0) is 42.5 Å². The molecule has 4 rings (SSSR count). The number of urea groups is 1. The van der Waals surface area contributed by atoms with Gasteiger partial charge in [0.15, 0.2) is 0 Å². The van der Waals surface area contributed by atoms with Gasteiger partial charge in [-0.25, -0.2) is 15.6 Å². The lowest BCUT2D eigenvalue weighted by molar-refractivity contribution is -0.122. The maximum atomic E-state index is 12.2. The van der Waals surface area contributed by atoms with Crippen molar-refractivity contribution in [3.8, 4) is 10.6 Å². The summed E-state index contributed by atoms with van der Waals surface area (Å²) in [6.45, 7) is 4.51. The van der Waals surface area contributed by atoms with Gasteiger partial charge in [0, 0.05) is 60.1 Å². The zero-order valence-electron chi connectivity index (χ0n) is 18.5. The summed E-state index contributed by atoms with van der Waals surface area (Å²) < 4.78 is 0. The van der Waals surface area contributed by atoms with Crippen LogP contribution >= 0.6 is 22.9 Å². The molecule has 0 spiro atoms. The lowest BCUT2D eigenvalue weighted by Crippen LogP contribution is -2.49.